The van der Waals surface area contributed by atoms with Crippen molar-refractivity contribution in [3.05, 3.63) is 0 Å². The number of hydrogen-bond donors (Lipinski definition) is 1. The molecule has 3 nitrogen and oxygen atoms in total. The third-order valence-corrected chi connectivity index (χ3v) is 6.20. The molecule has 0 bridgehead atoms. The fourth-order valence-corrected chi connectivity index (χ4v) is 5.01. The molecule has 2 aliphatic carbocycles. The average Bonchev–Trinajstić information content (AvgIpc) is 2.47. The Morgan fingerprint density at radius 2 is 2.00 bits per heavy atom. The summed E-state index contributed by atoms with van der Waals surface area (Å²) in [6, 6.07) is 1.41. The normalized spacial score (nSPS) is 40.7. The summed E-state index contributed by atoms with van der Waals surface area (Å²) in [5, 5.41) is 3.60. The summed E-state index contributed by atoms with van der Waals surface area (Å²) in [6.07, 6.45) is 10.00. The van der Waals surface area contributed by atoms with Crippen molar-refractivity contribution in [2.75, 3.05) is 26.7 Å². The zero-order valence-corrected chi connectivity index (χ0v) is 14.2. The highest BCUT2D eigenvalue weighted by Crippen LogP contribution is 2.40. The Morgan fingerprint density at radius 3 is 2.81 bits per heavy atom. The first-order valence-corrected chi connectivity index (χ1v) is 9.12. The second kappa shape index (κ2) is 6.55. The molecule has 4 atom stereocenters. The summed E-state index contributed by atoms with van der Waals surface area (Å²) in [6.45, 7) is 8.28. The van der Waals surface area contributed by atoms with Gasteiger partial charge < -0.3 is 10.1 Å². The lowest BCUT2D eigenvalue weighted by atomic mass is 9.69. The summed E-state index contributed by atoms with van der Waals surface area (Å²) >= 11 is 0. The summed E-state index contributed by atoms with van der Waals surface area (Å²) in [4.78, 5) is 2.78. The number of fused-ring (bicyclic) bond motifs is 1. The van der Waals surface area contributed by atoms with Gasteiger partial charge in [0.05, 0.1) is 12.7 Å². The van der Waals surface area contributed by atoms with Crippen molar-refractivity contribution in [3.63, 3.8) is 0 Å². The Morgan fingerprint density at radius 1 is 1.19 bits per heavy atom. The number of rotatable bonds is 3. The van der Waals surface area contributed by atoms with Crippen LogP contribution in [0, 0.1) is 11.3 Å². The van der Waals surface area contributed by atoms with E-state index >= 15 is 0 Å². The molecule has 0 aromatic carbocycles. The highest BCUT2D eigenvalue weighted by Gasteiger charge is 2.39. The van der Waals surface area contributed by atoms with Crippen LogP contribution < -0.4 is 5.32 Å². The Balaban J connectivity index is 1.65. The van der Waals surface area contributed by atoms with Gasteiger partial charge in [-0.1, -0.05) is 26.7 Å². The van der Waals surface area contributed by atoms with Gasteiger partial charge in [-0.2, -0.15) is 0 Å². The molecule has 2 saturated carbocycles. The van der Waals surface area contributed by atoms with E-state index in [2.05, 4.69) is 31.1 Å². The predicted octanol–water partition coefficient (Wildman–Crippen LogP) is 3.04. The zero-order chi connectivity index (χ0) is 14.9. The van der Waals surface area contributed by atoms with Gasteiger partial charge in [0, 0.05) is 25.2 Å². The van der Waals surface area contributed by atoms with E-state index in [9.17, 15) is 0 Å². The summed E-state index contributed by atoms with van der Waals surface area (Å²) in [5.74, 6) is 0.805. The molecule has 1 heterocycles. The highest BCUT2D eigenvalue weighted by molar-refractivity contribution is 4.93. The third kappa shape index (κ3) is 3.62. The molecule has 122 valence electrons. The maximum absolute atomic E-state index is 6.04. The third-order valence-electron chi connectivity index (χ3n) is 6.20. The molecule has 0 aromatic heterocycles. The molecule has 3 fully saturated rings. The van der Waals surface area contributed by atoms with Crippen LogP contribution >= 0.6 is 0 Å². The molecular weight excluding hydrogens is 260 g/mol. The fourth-order valence-electron chi connectivity index (χ4n) is 5.01. The summed E-state index contributed by atoms with van der Waals surface area (Å²) < 4.78 is 6.04. The zero-order valence-electron chi connectivity index (χ0n) is 14.2. The van der Waals surface area contributed by atoms with E-state index in [1.54, 1.807) is 0 Å². The molecule has 4 unspecified atom stereocenters. The van der Waals surface area contributed by atoms with Crippen LogP contribution in [-0.2, 0) is 4.74 Å². The smallest absolute Gasteiger partial charge is 0.0730 e. The molecule has 0 radical (unpaired) electrons. The van der Waals surface area contributed by atoms with Gasteiger partial charge in [0.1, 0.15) is 0 Å². The van der Waals surface area contributed by atoms with Gasteiger partial charge in [0.25, 0.3) is 0 Å². The molecule has 0 spiro atoms. The topological polar surface area (TPSA) is 24.5 Å². The molecule has 1 saturated heterocycles. The van der Waals surface area contributed by atoms with Crippen molar-refractivity contribution in [2.24, 2.45) is 11.3 Å². The number of ether oxygens (including phenoxy) is 1. The van der Waals surface area contributed by atoms with Gasteiger partial charge in [-0.15, -0.1) is 0 Å². The van der Waals surface area contributed by atoms with Crippen molar-refractivity contribution < 1.29 is 4.74 Å². The lowest BCUT2D eigenvalue weighted by Crippen LogP contribution is -2.56. The number of morpholine rings is 1. The Kier molecular flexibility index (Phi) is 4.92. The van der Waals surface area contributed by atoms with Gasteiger partial charge >= 0.3 is 0 Å². The Labute approximate surface area is 130 Å². The second-order valence-electron chi connectivity index (χ2n) is 8.32. The standard InChI is InChI=1S/C18H34N2O/c1-18(2)9-8-15(19-3)14(12-18)13-20-10-11-21-17-7-5-4-6-16(17)20/h14-17,19H,4-13H2,1-3H3. The van der Waals surface area contributed by atoms with E-state index in [-0.39, 0.29) is 0 Å². The molecule has 21 heavy (non-hydrogen) atoms. The Bertz CT molecular complexity index is 342. The first-order valence-electron chi connectivity index (χ1n) is 9.12. The van der Waals surface area contributed by atoms with Crippen molar-refractivity contribution in [1.29, 1.82) is 0 Å². The minimum Gasteiger partial charge on any atom is -0.375 e. The second-order valence-corrected chi connectivity index (χ2v) is 8.32. The van der Waals surface area contributed by atoms with E-state index < -0.39 is 0 Å². The van der Waals surface area contributed by atoms with E-state index in [1.807, 2.05) is 0 Å². The maximum atomic E-state index is 6.04. The van der Waals surface area contributed by atoms with Gasteiger partial charge in [-0.05, 0) is 50.5 Å². The van der Waals surface area contributed by atoms with Gasteiger partial charge in [0.2, 0.25) is 0 Å². The molecule has 1 aliphatic heterocycles. The lowest BCUT2D eigenvalue weighted by molar-refractivity contribution is -0.0960. The summed E-state index contributed by atoms with van der Waals surface area (Å²) in [7, 11) is 2.15. The van der Waals surface area contributed by atoms with E-state index in [1.165, 1.54) is 51.5 Å². The molecular formula is C18H34N2O. The van der Waals surface area contributed by atoms with Crippen LogP contribution in [0.4, 0.5) is 0 Å². The average molecular weight is 294 g/mol. The summed E-state index contributed by atoms with van der Waals surface area (Å²) in [5.41, 5.74) is 0.524. The van der Waals surface area contributed by atoms with Crippen LogP contribution in [0.3, 0.4) is 0 Å². The van der Waals surface area contributed by atoms with Crippen LogP contribution in [0.25, 0.3) is 0 Å². The quantitative estimate of drug-likeness (QED) is 0.866. The molecule has 0 amide bonds. The Hall–Kier alpha value is -0.120. The van der Waals surface area contributed by atoms with Gasteiger partial charge in [0.15, 0.2) is 0 Å². The van der Waals surface area contributed by atoms with Crippen LogP contribution in [0.15, 0.2) is 0 Å². The fraction of sp³-hybridized carbons (Fsp3) is 1.00. The van der Waals surface area contributed by atoms with E-state index in [0.29, 0.717) is 23.6 Å². The van der Waals surface area contributed by atoms with Crippen LogP contribution in [-0.4, -0.2) is 49.8 Å². The van der Waals surface area contributed by atoms with Crippen molar-refractivity contribution in [3.8, 4) is 0 Å². The predicted molar refractivity (Wildman–Crippen MR) is 87.5 cm³/mol. The van der Waals surface area contributed by atoms with Crippen LogP contribution in [0.1, 0.15) is 58.8 Å². The minimum absolute atomic E-state index is 0.524. The van der Waals surface area contributed by atoms with Crippen molar-refractivity contribution in [1.82, 2.24) is 10.2 Å². The SMILES string of the molecule is CNC1CCC(C)(C)CC1CN1CCOC2CCCCC21. The molecule has 1 N–H and O–H groups in total. The van der Waals surface area contributed by atoms with Crippen LogP contribution in [0.5, 0.6) is 0 Å². The molecule has 3 rings (SSSR count). The first-order chi connectivity index (χ1) is 10.1. The molecule has 0 aromatic rings. The van der Waals surface area contributed by atoms with E-state index in [4.69, 9.17) is 4.74 Å². The number of nitrogens with zero attached hydrogens (tertiary/aromatic N) is 1. The largest absolute Gasteiger partial charge is 0.375 e. The van der Waals surface area contributed by atoms with Crippen LogP contribution in [0.2, 0.25) is 0 Å². The minimum atomic E-state index is 0.524. The van der Waals surface area contributed by atoms with Gasteiger partial charge in [-0.25, -0.2) is 0 Å². The van der Waals surface area contributed by atoms with Crippen molar-refractivity contribution >= 4 is 0 Å². The monoisotopic (exact) mass is 294 g/mol. The van der Waals surface area contributed by atoms with Gasteiger partial charge in [-0.3, -0.25) is 4.90 Å². The maximum Gasteiger partial charge on any atom is 0.0730 e. The number of nitrogens with one attached hydrogen (secondary N) is 1. The van der Waals surface area contributed by atoms with Crippen molar-refractivity contribution in [2.45, 2.75) is 77.0 Å². The molecule has 3 aliphatic rings. The lowest BCUT2D eigenvalue weighted by Gasteiger charge is -2.48. The van der Waals surface area contributed by atoms with E-state index in [0.717, 1.165) is 19.1 Å². The highest BCUT2D eigenvalue weighted by atomic mass is 16.5. The first kappa shape index (κ1) is 15.8. The number of hydrogen-bond acceptors (Lipinski definition) is 3. The molecule has 3 heteroatoms.